The average Bonchev–Trinajstić information content (AvgIpc) is 1.97. The summed E-state index contributed by atoms with van der Waals surface area (Å²) in [5.74, 6) is 0.744. The molecule has 0 amide bonds. The summed E-state index contributed by atoms with van der Waals surface area (Å²) in [5.41, 5.74) is 7.76. The fourth-order valence-corrected chi connectivity index (χ4v) is 2.34. The lowest BCUT2D eigenvalue weighted by molar-refractivity contribution is 0.124. The molecule has 0 bridgehead atoms. The predicted molar refractivity (Wildman–Crippen MR) is 58.5 cm³/mol. The van der Waals surface area contributed by atoms with Gasteiger partial charge in [-0.2, -0.15) is 0 Å². The number of rotatable bonds is 2. The summed E-state index contributed by atoms with van der Waals surface area (Å²) < 4.78 is 0. The van der Waals surface area contributed by atoms with Gasteiger partial charge in [-0.05, 0) is 43.9 Å². The van der Waals surface area contributed by atoms with Gasteiger partial charge in [-0.3, -0.25) is 0 Å². The van der Waals surface area contributed by atoms with Crippen LogP contribution in [0.4, 0.5) is 0 Å². The molecule has 1 aliphatic carbocycles. The molecule has 0 spiro atoms. The normalized spacial score (nSPS) is 32.9. The van der Waals surface area contributed by atoms with E-state index in [4.69, 9.17) is 5.73 Å². The van der Waals surface area contributed by atoms with Gasteiger partial charge in [-0.15, -0.1) is 6.58 Å². The van der Waals surface area contributed by atoms with Gasteiger partial charge in [0, 0.05) is 6.04 Å². The Morgan fingerprint density at radius 2 is 2.15 bits per heavy atom. The smallest absolute Gasteiger partial charge is 0.00419 e. The predicted octanol–water partition coefficient (Wildman–Crippen LogP) is 3.11. The molecule has 0 aromatic carbocycles. The summed E-state index contributed by atoms with van der Waals surface area (Å²) in [6.07, 6.45) is 4.80. The minimum absolute atomic E-state index is 0.428. The van der Waals surface area contributed by atoms with E-state index in [-0.39, 0.29) is 0 Å². The SMILES string of the molecule is C=C(C)CC1CC(N)CCC1(C)C. The van der Waals surface area contributed by atoms with Crippen molar-refractivity contribution in [2.24, 2.45) is 17.1 Å². The monoisotopic (exact) mass is 181 g/mol. The largest absolute Gasteiger partial charge is 0.328 e. The Hall–Kier alpha value is -0.300. The summed E-state index contributed by atoms with van der Waals surface area (Å²) >= 11 is 0. The summed E-state index contributed by atoms with van der Waals surface area (Å²) in [6, 6.07) is 0.428. The van der Waals surface area contributed by atoms with Gasteiger partial charge < -0.3 is 5.73 Å². The van der Waals surface area contributed by atoms with Crippen LogP contribution in [0.3, 0.4) is 0 Å². The van der Waals surface area contributed by atoms with Crippen molar-refractivity contribution in [2.45, 2.75) is 52.5 Å². The van der Waals surface area contributed by atoms with Crippen LogP contribution >= 0.6 is 0 Å². The van der Waals surface area contributed by atoms with E-state index >= 15 is 0 Å². The fourth-order valence-electron chi connectivity index (χ4n) is 2.34. The van der Waals surface area contributed by atoms with E-state index in [9.17, 15) is 0 Å². The van der Waals surface area contributed by atoms with Crippen molar-refractivity contribution in [1.29, 1.82) is 0 Å². The minimum atomic E-state index is 0.428. The van der Waals surface area contributed by atoms with Gasteiger partial charge in [-0.1, -0.05) is 19.4 Å². The second-order valence-corrected chi connectivity index (χ2v) is 5.38. The molecule has 0 aromatic heterocycles. The third-order valence-electron chi connectivity index (χ3n) is 3.45. The topological polar surface area (TPSA) is 26.0 Å². The average molecular weight is 181 g/mol. The summed E-state index contributed by atoms with van der Waals surface area (Å²) in [7, 11) is 0. The van der Waals surface area contributed by atoms with E-state index in [2.05, 4.69) is 27.4 Å². The molecule has 1 saturated carbocycles. The molecular formula is C12H23N. The van der Waals surface area contributed by atoms with Crippen molar-refractivity contribution in [1.82, 2.24) is 0 Å². The Morgan fingerprint density at radius 3 is 2.69 bits per heavy atom. The lowest BCUT2D eigenvalue weighted by Gasteiger charge is -2.41. The lowest BCUT2D eigenvalue weighted by atomic mass is 9.65. The van der Waals surface area contributed by atoms with Gasteiger partial charge in [0.15, 0.2) is 0 Å². The zero-order valence-corrected chi connectivity index (χ0v) is 9.27. The molecule has 0 heterocycles. The van der Waals surface area contributed by atoms with Crippen molar-refractivity contribution in [3.63, 3.8) is 0 Å². The van der Waals surface area contributed by atoms with Crippen LogP contribution in [0.1, 0.15) is 46.5 Å². The number of allylic oxidation sites excluding steroid dienone is 1. The van der Waals surface area contributed by atoms with Gasteiger partial charge in [0.1, 0.15) is 0 Å². The third kappa shape index (κ3) is 2.84. The molecule has 1 fully saturated rings. The maximum absolute atomic E-state index is 5.99. The first-order valence-electron chi connectivity index (χ1n) is 5.32. The first-order valence-corrected chi connectivity index (χ1v) is 5.32. The maximum atomic E-state index is 5.99. The number of hydrogen-bond acceptors (Lipinski definition) is 1. The zero-order chi connectivity index (χ0) is 10.1. The van der Waals surface area contributed by atoms with Gasteiger partial charge in [-0.25, -0.2) is 0 Å². The molecule has 0 aliphatic heterocycles. The summed E-state index contributed by atoms with van der Waals surface area (Å²) in [4.78, 5) is 0. The molecule has 0 aromatic rings. The highest BCUT2D eigenvalue weighted by atomic mass is 14.6. The minimum Gasteiger partial charge on any atom is -0.328 e. The van der Waals surface area contributed by atoms with E-state index in [1.54, 1.807) is 0 Å². The fraction of sp³-hybridized carbons (Fsp3) is 0.833. The van der Waals surface area contributed by atoms with Gasteiger partial charge in [0.2, 0.25) is 0 Å². The van der Waals surface area contributed by atoms with Crippen LogP contribution in [0.25, 0.3) is 0 Å². The van der Waals surface area contributed by atoms with Crippen LogP contribution in [-0.2, 0) is 0 Å². The molecule has 1 rings (SSSR count). The van der Waals surface area contributed by atoms with Crippen molar-refractivity contribution in [3.05, 3.63) is 12.2 Å². The maximum Gasteiger partial charge on any atom is 0.00419 e. The highest BCUT2D eigenvalue weighted by Crippen LogP contribution is 2.42. The molecule has 76 valence electrons. The quantitative estimate of drug-likeness (QED) is 0.651. The molecule has 0 radical (unpaired) electrons. The van der Waals surface area contributed by atoms with Crippen molar-refractivity contribution in [2.75, 3.05) is 0 Å². The Labute approximate surface area is 82.4 Å². The molecular weight excluding hydrogens is 158 g/mol. The first kappa shape index (κ1) is 10.8. The van der Waals surface area contributed by atoms with Crippen molar-refractivity contribution in [3.8, 4) is 0 Å². The van der Waals surface area contributed by atoms with Gasteiger partial charge in [0.25, 0.3) is 0 Å². The molecule has 13 heavy (non-hydrogen) atoms. The second kappa shape index (κ2) is 3.83. The van der Waals surface area contributed by atoms with E-state index < -0.39 is 0 Å². The first-order chi connectivity index (χ1) is 5.92. The zero-order valence-electron chi connectivity index (χ0n) is 9.27. The van der Waals surface area contributed by atoms with Gasteiger partial charge >= 0.3 is 0 Å². The third-order valence-corrected chi connectivity index (χ3v) is 3.45. The lowest BCUT2D eigenvalue weighted by Crippen LogP contribution is -2.38. The van der Waals surface area contributed by atoms with Crippen molar-refractivity contribution < 1.29 is 0 Å². The Morgan fingerprint density at radius 1 is 1.54 bits per heavy atom. The van der Waals surface area contributed by atoms with Crippen LogP contribution < -0.4 is 5.73 Å². The molecule has 1 heteroatoms. The number of nitrogens with two attached hydrogens (primary N) is 1. The van der Waals surface area contributed by atoms with E-state index in [1.165, 1.54) is 24.8 Å². The summed E-state index contributed by atoms with van der Waals surface area (Å²) in [5, 5.41) is 0. The van der Waals surface area contributed by atoms with Crippen molar-refractivity contribution >= 4 is 0 Å². The van der Waals surface area contributed by atoms with E-state index in [0.717, 1.165) is 12.3 Å². The molecule has 1 nitrogen and oxygen atoms in total. The highest BCUT2D eigenvalue weighted by Gasteiger charge is 2.34. The van der Waals surface area contributed by atoms with Crippen LogP contribution in [0.15, 0.2) is 12.2 Å². The second-order valence-electron chi connectivity index (χ2n) is 5.38. The Bertz CT molecular complexity index is 193. The molecule has 2 N–H and O–H groups in total. The summed E-state index contributed by atoms with van der Waals surface area (Å²) in [6.45, 7) is 10.9. The van der Waals surface area contributed by atoms with Crippen LogP contribution in [0.5, 0.6) is 0 Å². The molecule has 0 saturated heterocycles. The standard InChI is InChI=1S/C12H23N/c1-9(2)7-10-8-11(13)5-6-12(10,3)4/h10-11H,1,5-8,13H2,2-4H3. The highest BCUT2D eigenvalue weighted by molar-refractivity contribution is 4.97. The van der Waals surface area contributed by atoms with E-state index in [0.29, 0.717) is 11.5 Å². The molecule has 1 aliphatic rings. The Kier molecular flexibility index (Phi) is 3.18. The molecule has 2 atom stereocenters. The van der Waals surface area contributed by atoms with Crippen LogP contribution in [-0.4, -0.2) is 6.04 Å². The van der Waals surface area contributed by atoms with Crippen LogP contribution in [0, 0.1) is 11.3 Å². The van der Waals surface area contributed by atoms with E-state index in [1.807, 2.05) is 0 Å². The van der Waals surface area contributed by atoms with Gasteiger partial charge in [0.05, 0.1) is 0 Å². The Balaban J connectivity index is 2.61. The van der Waals surface area contributed by atoms with Crippen LogP contribution in [0.2, 0.25) is 0 Å². The molecule has 2 unspecified atom stereocenters. The number of hydrogen-bond donors (Lipinski definition) is 1.